The molecule has 1 aliphatic rings. The fraction of sp³-hybridized carbons (Fsp3) is 0.364. The maximum atomic E-state index is 11.2. The summed E-state index contributed by atoms with van der Waals surface area (Å²) in [6.07, 6.45) is 1.95. The van der Waals surface area contributed by atoms with E-state index in [0.717, 1.165) is 18.4 Å². The number of hydrogen-bond acceptors (Lipinski definition) is 2. The van der Waals surface area contributed by atoms with Gasteiger partial charge in [0.25, 0.3) is 0 Å². The van der Waals surface area contributed by atoms with Crippen LogP contribution in [0.15, 0.2) is 24.3 Å². The van der Waals surface area contributed by atoms with Gasteiger partial charge < -0.3 is 11.1 Å². The van der Waals surface area contributed by atoms with Crippen molar-refractivity contribution in [3.63, 3.8) is 0 Å². The lowest BCUT2D eigenvalue weighted by Gasteiger charge is -2.17. The van der Waals surface area contributed by atoms with Crippen molar-refractivity contribution in [2.45, 2.75) is 18.4 Å². The van der Waals surface area contributed by atoms with E-state index in [9.17, 15) is 4.79 Å². The van der Waals surface area contributed by atoms with Gasteiger partial charge in [0.1, 0.15) is 0 Å². The second kappa shape index (κ2) is 5.04. The van der Waals surface area contributed by atoms with Gasteiger partial charge in [-0.2, -0.15) is 0 Å². The number of nitrogens with two attached hydrogens (primary N) is 1. The Morgan fingerprint density at radius 3 is 2.38 bits per heavy atom. The lowest BCUT2D eigenvalue weighted by Crippen LogP contribution is -2.38. The Morgan fingerprint density at radius 2 is 1.94 bits per heavy atom. The van der Waals surface area contributed by atoms with E-state index in [2.05, 4.69) is 5.32 Å². The zero-order chi connectivity index (χ0) is 10.9. The van der Waals surface area contributed by atoms with Crippen molar-refractivity contribution >= 4 is 29.9 Å². The third kappa shape index (κ3) is 2.67. The van der Waals surface area contributed by atoms with Crippen LogP contribution in [0.2, 0.25) is 5.02 Å². The predicted molar refractivity (Wildman–Crippen MR) is 66.8 cm³/mol. The Balaban J connectivity index is 0.00000128. The first-order valence-electron chi connectivity index (χ1n) is 4.93. The summed E-state index contributed by atoms with van der Waals surface area (Å²) in [7, 11) is 0. The van der Waals surface area contributed by atoms with E-state index >= 15 is 0 Å². The number of carbonyl (C=O) groups excluding carboxylic acids is 1. The molecule has 0 aromatic heterocycles. The third-order valence-electron chi connectivity index (χ3n) is 2.71. The Hall–Kier alpha value is -0.770. The van der Waals surface area contributed by atoms with Crippen LogP contribution >= 0.6 is 24.0 Å². The van der Waals surface area contributed by atoms with E-state index in [1.165, 1.54) is 0 Å². The van der Waals surface area contributed by atoms with E-state index in [4.69, 9.17) is 17.3 Å². The van der Waals surface area contributed by atoms with Crippen LogP contribution in [0, 0.1) is 0 Å². The van der Waals surface area contributed by atoms with Crippen molar-refractivity contribution < 1.29 is 4.79 Å². The van der Waals surface area contributed by atoms with E-state index in [1.807, 2.05) is 24.3 Å². The Bertz CT molecular complexity index is 374. The highest BCUT2D eigenvalue weighted by molar-refractivity contribution is 6.30. The summed E-state index contributed by atoms with van der Waals surface area (Å²) in [5.74, 6) is -0.109. The summed E-state index contributed by atoms with van der Waals surface area (Å²) >= 11 is 5.81. The second-order valence-corrected chi connectivity index (χ2v) is 4.28. The van der Waals surface area contributed by atoms with Gasteiger partial charge in [-0.3, -0.25) is 4.79 Å². The minimum atomic E-state index is -0.180. The molecule has 0 heterocycles. The average molecular weight is 261 g/mol. The molecular formula is C11H14Cl2N2O. The molecule has 1 amide bonds. The number of nitrogens with one attached hydrogen (secondary N) is 1. The van der Waals surface area contributed by atoms with Crippen LogP contribution in [0.1, 0.15) is 18.4 Å². The van der Waals surface area contributed by atoms with Crippen LogP contribution in [0.4, 0.5) is 0 Å². The molecule has 16 heavy (non-hydrogen) atoms. The molecule has 3 N–H and O–H groups in total. The zero-order valence-corrected chi connectivity index (χ0v) is 10.3. The second-order valence-electron chi connectivity index (χ2n) is 3.84. The molecule has 88 valence electrons. The van der Waals surface area contributed by atoms with E-state index in [0.29, 0.717) is 5.02 Å². The van der Waals surface area contributed by atoms with Gasteiger partial charge in [0.2, 0.25) is 5.91 Å². The van der Waals surface area contributed by atoms with E-state index < -0.39 is 0 Å². The van der Waals surface area contributed by atoms with Gasteiger partial charge in [-0.05, 0) is 30.5 Å². The molecule has 0 radical (unpaired) electrons. The first kappa shape index (κ1) is 13.3. The number of rotatable bonds is 3. The topological polar surface area (TPSA) is 55.1 Å². The van der Waals surface area contributed by atoms with Gasteiger partial charge in [-0.15, -0.1) is 12.4 Å². The number of carbonyl (C=O) groups is 1. The highest BCUT2D eigenvalue weighted by Gasteiger charge is 2.45. The highest BCUT2D eigenvalue weighted by atomic mass is 35.5. The van der Waals surface area contributed by atoms with Crippen LogP contribution in [-0.2, 0) is 10.3 Å². The summed E-state index contributed by atoms with van der Waals surface area (Å²) in [6, 6.07) is 7.58. The molecule has 0 aliphatic heterocycles. The molecule has 1 fully saturated rings. The maximum absolute atomic E-state index is 11.2. The molecule has 1 saturated carbocycles. The zero-order valence-electron chi connectivity index (χ0n) is 8.70. The monoisotopic (exact) mass is 260 g/mol. The van der Waals surface area contributed by atoms with Crippen LogP contribution < -0.4 is 11.1 Å². The van der Waals surface area contributed by atoms with Gasteiger partial charge in [0, 0.05) is 5.02 Å². The lowest BCUT2D eigenvalue weighted by molar-refractivity contribution is -0.120. The van der Waals surface area contributed by atoms with E-state index in [1.54, 1.807) is 0 Å². The molecule has 2 rings (SSSR count). The Labute approximate surface area is 106 Å². The van der Waals surface area contributed by atoms with Crippen molar-refractivity contribution in [3.05, 3.63) is 34.9 Å². The fourth-order valence-electron chi connectivity index (χ4n) is 1.70. The van der Waals surface area contributed by atoms with Crippen LogP contribution in [-0.4, -0.2) is 12.5 Å². The molecule has 1 aromatic carbocycles. The van der Waals surface area contributed by atoms with E-state index in [-0.39, 0.29) is 30.4 Å². The van der Waals surface area contributed by atoms with Gasteiger partial charge >= 0.3 is 0 Å². The van der Waals surface area contributed by atoms with Crippen LogP contribution in [0.5, 0.6) is 0 Å². The number of amides is 1. The fourth-order valence-corrected chi connectivity index (χ4v) is 1.82. The highest BCUT2D eigenvalue weighted by Crippen LogP contribution is 2.45. The van der Waals surface area contributed by atoms with Crippen LogP contribution in [0.25, 0.3) is 0 Å². The normalized spacial score (nSPS) is 16.1. The molecule has 0 spiro atoms. The van der Waals surface area contributed by atoms with Crippen molar-refractivity contribution in [1.82, 2.24) is 5.32 Å². The first-order valence-corrected chi connectivity index (χ1v) is 5.31. The van der Waals surface area contributed by atoms with Gasteiger partial charge in [0.05, 0.1) is 12.1 Å². The summed E-state index contributed by atoms with van der Waals surface area (Å²) < 4.78 is 0. The van der Waals surface area contributed by atoms with Gasteiger partial charge in [0.15, 0.2) is 0 Å². The molecule has 5 heteroatoms. The van der Waals surface area contributed by atoms with Crippen molar-refractivity contribution in [2.75, 3.05) is 6.54 Å². The average Bonchev–Trinajstić information content (AvgIpc) is 3.00. The number of hydrogen-bond donors (Lipinski definition) is 2. The maximum Gasteiger partial charge on any atom is 0.234 e. The van der Waals surface area contributed by atoms with Crippen molar-refractivity contribution in [1.29, 1.82) is 0 Å². The quantitative estimate of drug-likeness (QED) is 0.872. The number of benzene rings is 1. The Kier molecular flexibility index (Phi) is 4.19. The van der Waals surface area contributed by atoms with Crippen molar-refractivity contribution in [3.8, 4) is 0 Å². The smallest absolute Gasteiger partial charge is 0.234 e. The minimum absolute atomic E-state index is 0. The van der Waals surface area contributed by atoms with Gasteiger partial charge in [-0.25, -0.2) is 0 Å². The standard InChI is InChI=1S/C11H13ClN2O.ClH/c12-9-3-1-8(2-4-9)11(5-6-11)14-10(15)7-13;/h1-4H,5-7,13H2,(H,14,15);1H. The SMILES string of the molecule is Cl.NCC(=O)NC1(c2ccc(Cl)cc2)CC1. The molecular weight excluding hydrogens is 247 g/mol. The largest absolute Gasteiger partial charge is 0.345 e. The summed E-state index contributed by atoms with van der Waals surface area (Å²) in [6.45, 7) is 0.0370. The van der Waals surface area contributed by atoms with Crippen molar-refractivity contribution in [2.24, 2.45) is 5.73 Å². The first-order chi connectivity index (χ1) is 7.16. The predicted octanol–water partition coefficient (Wildman–Crippen LogP) is 1.83. The molecule has 1 aromatic rings. The van der Waals surface area contributed by atoms with Gasteiger partial charge in [-0.1, -0.05) is 23.7 Å². The molecule has 1 aliphatic carbocycles. The molecule has 0 saturated heterocycles. The Morgan fingerprint density at radius 1 is 1.38 bits per heavy atom. The number of halogens is 2. The minimum Gasteiger partial charge on any atom is -0.345 e. The summed E-state index contributed by atoms with van der Waals surface area (Å²) in [4.78, 5) is 11.2. The summed E-state index contributed by atoms with van der Waals surface area (Å²) in [5, 5.41) is 3.65. The molecule has 3 nitrogen and oxygen atoms in total. The molecule has 0 atom stereocenters. The lowest BCUT2D eigenvalue weighted by atomic mass is 10.1. The third-order valence-corrected chi connectivity index (χ3v) is 2.96. The van der Waals surface area contributed by atoms with Crippen LogP contribution in [0.3, 0.4) is 0 Å². The molecule has 0 bridgehead atoms. The molecule has 0 unspecified atom stereocenters. The summed E-state index contributed by atoms with van der Waals surface area (Å²) in [5.41, 5.74) is 6.20.